The van der Waals surface area contributed by atoms with Gasteiger partial charge in [0.25, 0.3) is 5.56 Å². The number of halogens is 1. The van der Waals surface area contributed by atoms with Crippen LogP contribution in [0, 0.1) is 19.7 Å². The number of aromatic nitrogens is 1. The van der Waals surface area contributed by atoms with Crippen molar-refractivity contribution in [1.82, 2.24) is 14.8 Å². The number of pyridine rings is 1. The van der Waals surface area contributed by atoms with E-state index in [0.29, 0.717) is 18.7 Å². The highest BCUT2D eigenvalue weighted by molar-refractivity contribution is 5.89. The van der Waals surface area contributed by atoms with Crippen LogP contribution < -0.4 is 10.9 Å². The summed E-state index contributed by atoms with van der Waals surface area (Å²) >= 11 is 0. The van der Waals surface area contributed by atoms with Gasteiger partial charge < -0.3 is 20.1 Å². The molecule has 3 rings (SSSR count). The first-order valence-corrected chi connectivity index (χ1v) is 9.83. The van der Waals surface area contributed by atoms with E-state index in [1.54, 1.807) is 12.1 Å². The van der Waals surface area contributed by atoms with E-state index in [1.807, 2.05) is 51.0 Å². The average Bonchev–Trinajstić information content (AvgIpc) is 2.70. The third-order valence-electron chi connectivity index (χ3n) is 5.21. The number of benzene rings is 2. The summed E-state index contributed by atoms with van der Waals surface area (Å²) in [6, 6.07) is 11.3. The van der Waals surface area contributed by atoms with Crippen molar-refractivity contribution >= 4 is 22.6 Å². The van der Waals surface area contributed by atoms with Crippen LogP contribution in [0.15, 0.2) is 47.3 Å². The minimum atomic E-state index is -0.507. The molecule has 0 radical (unpaired) electrons. The largest absolute Gasteiger partial charge is 0.322 e. The molecular weight excluding hydrogens is 383 g/mol. The molecule has 158 valence electrons. The second kappa shape index (κ2) is 9.09. The van der Waals surface area contributed by atoms with Crippen molar-refractivity contribution in [2.24, 2.45) is 0 Å². The highest BCUT2D eigenvalue weighted by Gasteiger charge is 2.18. The van der Waals surface area contributed by atoms with Gasteiger partial charge in [0.05, 0.1) is 17.7 Å². The molecule has 0 saturated carbocycles. The number of hydrogen-bond acceptors (Lipinski definition) is 3. The summed E-state index contributed by atoms with van der Waals surface area (Å²) in [6.45, 7) is 5.08. The Labute approximate surface area is 175 Å². The third kappa shape index (κ3) is 4.86. The van der Waals surface area contributed by atoms with E-state index in [-0.39, 0.29) is 17.8 Å². The topological polar surface area (TPSA) is 68.4 Å². The second-order valence-electron chi connectivity index (χ2n) is 7.73. The average molecular weight is 410 g/mol. The zero-order valence-electron chi connectivity index (χ0n) is 17.8. The molecule has 30 heavy (non-hydrogen) atoms. The van der Waals surface area contributed by atoms with Gasteiger partial charge in [-0.15, -0.1) is 0 Å². The molecule has 0 aliphatic heterocycles. The third-order valence-corrected chi connectivity index (χ3v) is 5.21. The predicted molar refractivity (Wildman–Crippen MR) is 118 cm³/mol. The summed E-state index contributed by atoms with van der Waals surface area (Å²) in [5.74, 6) is -0.507. The maximum absolute atomic E-state index is 14.0. The van der Waals surface area contributed by atoms with Crippen molar-refractivity contribution < 1.29 is 9.18 Å². The molecule has 6 nitrogen and oxygen atoms in total. The molecule has 0 bridgehead atoms. The minimum Gasteiger partial charge on any atom is -0.321 e. The number of aromatic amines is 1. The first-order chi connectivity index (χ1) is 14.3. The van der Waals surface area contributed by atoms with Gasteiger partial charge in [-0.05, 0) is 62.7 Å². The van der Waals surface area contributed by atoms with Gasteiger partial charge in [-0.3, -0.25) is 4.79 Å². The zero-order valence-corrected chi connectivity index (χ0v) is 17.8. The van der Waals surface area contributed by atoms with Crippen LogP contribution >= 0.6 is 0 Å². The fourth-order valence-electron chi connectivity index (χ4n) is 3.22. The van der Waals surface area contributed by atoms with E-state index in [2.05, 4.69) is 10.3 Å². The number of amides is 2. The van der Waals surface area contributed by atoms with E-state index in [4.69, 9.17) is 0 Å². The summed E-state index contributed by atoms with van der Waals surface area (Å²) in [5, 5.41) is 3.52. The molecule has 0 fully saturated rings. The number of para-hydroxylation sites is 1. The van der Waals surface area contributed by atoms with Gasteiger partial charge in [0.15, 0.2) is 0 Å². The van der Waals surface area contributed by atoms with Crippen LogP contribution in [0.4, 0.5) is 14.9 Å². The molecule has 1 heterocycles. The molecule has 1 aromatic heterocycles. The van der Waals surface area contributed by atoms with Crippen molar-refractivity contribution in [2.75, 3.05) is 32.5 Å². The van der Waals surface area contributed by atoms with Crippen LogP contribution in [0.5, 0.6) is 0 Å². The highest BCUT2D eigenvalue weighted by atomic mass is 19.1. The van der Waals surface area contributed by atoms with Crippen LogP contribution in [0.25, 0.3) is 10.9 Å². The van der Waals surface area contributed by atoms with Gasteiger partial charge in [0.1, 0.15) is 5.82 Å². The molecule has 0 saturated heterocycles. The number of urea groups is 1. The maximum atomic E-state index is 14.0. The summed E-state index contributed by atoms with van der Waals surface area (Å²) < 4.78 is 14.0. The lowest BCUT2D eigenvalue weighted by Crippen LogP contribution is -2.40. The van der Waals surface area contributed by atoms with Crippen molar-refractivity contribution in [3.05, 3.63) is 75.3 Å². The Kier molecular flexibility index (Phi) is 6.52. The lowest BCUT2D eigenvalue weighted by Gasteiger charge is -2.25. The molecule has 2 aromatic carbocycles. The van der Waals surface area contributed by atoms with Crippen molar-refractivity contribution in [1.29, 1.82) is 0 Å². The molecule has 0 atom stereocenters. The summed E-state index contributed by atoms with van der Waals surface area (Å²) in [5.41, 5.74) is 3.29. The first-order valence-electron chi connectivity index (χ1n) is 9.83. The van der Waals surface area contributed by atoms with E-state index in [9.17, 15) is 14.0 Å². The highest BCUT2D eigenvalue weighted by Crippen LogP contribution is 2.20. The number of H-pyrrole nitrogens is 1. The molecule has 2 amide bonds. The van der Waals surface area contributed by atoms with Crippen LogP contribution in [0.2, 0.25) is 0 Å². The van der Waals surface area contributed by atoms with Gasteiger partial charge in [-0.2, -0.15) is 0 Å². The molecular formula is C23H27FN4O2. The number of carbonyl (C=O) groups excluding carboxylic acids is 1. The Morgan fingerprint density at radius 1 is 1.10 bits per heavy atom. The van der Waals surface area contributed by atoms with Crippen molar-refractivity contribution in [3.63, 3.8) is 0 Å². The van der Waals surface area contributed by atoms with Gasteiger partial charge >= 0.3 is 6.03 Å². The van der Waals surface area contributed by atoms with E-state index in [0.717, 1.165) is 22.0 Å². The standard InChI is InChI=1S/C23H27FN4O2/c1-15-9-10-17-13-18(22(29)26-21(17)16(15)2)14-28(12-11-27(3)4)23(30)25-20-8-6-5-7-19(20)24/h5-10,13H,11-12,14H2,1-4H3,(H,25,30)(H,26,29). The Morgan fingerprint density at radius 3 is 2.53 bits per heavy atom. The minimum absolute atomic E-state index is 0.107. The lowest BCUT2D eigenvalue weighted by molar-refractivity contribution is 0.202. The molecule has 0 spiro atoms. The number of fused-ring (bicyclic) bond motifs is 1. The lowest BCUT2D eigenvalue weighted by atomic mass is 10.0. The predicted octanol–water partition coefficient (Wildman–Crippen LogP) is 3.88. The van der Waals surface area contributed by atoms with E-state index in [1.165, 1.54) is 17.0 Å². The molecule has 3 aromatic rings. The number of likely N-dealkylation sites (N-methyl/N-ethyl adjacent to an activating group) is 1. The summed E-state index contributed by atoms with van der Waals surface area (Å²) in [6.07, 6.45) is 0. The quantitative estimate of drug-likeness (QED) is 0.648. The Balaban J connectivity index is 1.90. The van der Waals surface area contributed by atoms with E-state index < -0.39 is 11.8 Å². The van der Waals surface area contributed by atoms with Crippen LogP contribution in [-0.2, 0) is 6.54 Å². The molecule has 0 unspecified atom stereocenters. The van der Waals surface area contributed by atoms with Gasteiger partial charge in [-0.1, -0.05) is 24.3 Å². The van der Waals surface area contributed by atoms with Crippen LogP contribution in [-0.4, -0.2) is 48.0 Å². The van der Waals surface area contributed by atoms with Crippen molar-refractivity contribution in [3.8, 4) is 0 Å². The fourth-order valence-corrected chi connectivity index (χ4v) is 3.22. The summed E-state index contributed by atoms with van der Waals surface area (Å²) in [7, 11) is 3.81. The smallest absolute Gasteiger partial charge is 0.321 e. The number of nitrogens with one attached hydrogen (secondary N) is 2. The number of anilines is 1. The van der Waals surface area contributed by atoms with Gasteiger partial charge in [0, 0.05) is 18.7 Å². The SMILES string of the molecule is Cc1ccc2cc(CN(CCN(C)C)C(=O)Nc3ccccc3F)c(=O)[nH]c2c1C. The maximum Gasteiger partial charge on any atom is 0.322 e. The van der Waals surface area contributed by atoms with Crippen LogP contribution in [0.1, 0.15) is 16.7 Å². The zero-order chi connectivity index (χ0) is 21.8. The van der Waals surface area contributed by atoms with Gasteiger partial charge in [0.2, 0.25) is 0 Å². The normalized spacial score (nSPS) is 11.1. The second-order valence-corrected chi connectivity index (χ2v) is 7.73. The number of hydrogen-bond donors (Lipinski definition) is 2. The number of carbonyl (C=O) groups is 1. The fraction of sp³-hybridized carbons (Fsp3) is 0.304. The monoisotopic (exact) mass is 410 g/mol. The summed E-state index contributed by atoms with van der Waals surface area (Å²) in [4.78, 5) is 32.0. The first kappa shape index (κ1) is 21.5. The molecule has 7 heteroatoms. The Hall–Kier alpha value is -3.19. The number of aryl methyl sites for hydroxylation is 2. The number of rotatable bonds is 6. The Bertz CT molecular complexity index is 1120. The molecule has 0 aliphatic rings. The van der Waals surface area contributed by atoms with Gasteiger partial charge in [-0.25, -0.2) is 9.18 Å². The van der Waals surface area contributed by atoms with Crippen LogP contribution in [0.3, 0.4) is 0 Å². The molecule has 2 N–H and O–H groups in total. The van der Waals surface area contributed by atoms with E-state index >= 15 is 0 Å². The number of nitrogens with zero attached hydrogens (tertiary/aromatic N) is 2. The van der Waals surface area contributed by atoms with Crippen molar-refractivity contribution in [2.45, 2.75) is 20.4 Å². The Morgan fingerprint density at radius 2 is 1.83 bits per heavy atom. The molecule has 0 aliphatic carbocycles.